The summed E-state index contributed by atoms with van der Waals surface area (Å²) >= 11 is 0. The van der Waals surface area contributed by atoms with E-state index < -0.39 is 17.7 Å². The molecule has 0 fully saturated rings. The highest BCUT2D eigenvalue weighted by molar-refractivity contribution is 5.54. The smallest absolute Gasteiger partial charge is 0.303 e. The Hall–Kier alpha value is -1.46. The molecule has 0 saturated heterocycles. The van der Waals surface area contributed by atoms with Crippen LogP contribution in [0.1, 0.15) is 11.1 Å². The Morgan fingerprint density at radius 2 is 1.50 bits per heavy atom. The van der Waals surface area contributed by atoms with Crippen LogP contribution in [0, 0.1) is 0 Å². The van der Waals surface area contributed by atoms with E-state index in [9.17, 15) is 26.7 Å². The summed E-state index contributed by atoms with van der Waals surface area (Å²) in [4.78, 5) is 10.1. The number of benzene rings is 1. The summed E-state index contributed by atoms with van der Waals surface area (Å²) in [5, 5.41) is 0. The van der Waals surface area contributed by atoms with Crippen molar-refractivity contribution in [2.24, 2.45) is 0 Å². The number of carbonyl (C=O) groups is 1. The van der Waals surface area contributed by atoms with E-state index >= 15 is 0 Å². The van der Waals surface area contributed by atoms with E-state index in [1.54, 1.807) is 0 Å². The molecule has 16 heavy (non-hydrogen) atoms. The van der Waals surface area contributed by atoms with E-state index in [1.165, 1.54) is 0 Å². The lowest BCUT2D eigenvalue weighted by Gasteiger charge is -2.19. The number of hydrogen-bond acceptors (Lipinski definition) is 1. The third-order valence-corrected chi connectivity index (χ3v) is 1.99. The molecule has 88 valence electrons. The second kappa shape index (κ2) is 4.19. The first-order valence-corrected chi connectivity index (χ1v) is 4.26. The van der Waals surface area contributed by atoms with Gasteiger partial charge in [-0.2, -0.15) is 22.0 Å². The van der Waals surface area contributed by atoms with Crippen molar-refractivity contribution in [1.29, 1.82) is 0 Å². The monoisotopic (exact) mass is 238 g/mol. The van der Waals surface area contributed by atoms with Gasteiger partial charge in [-0.3, -0.25) is 0 Å². The van der Waals surface area contributed by atoms with Crippen molar-refractivity contribution in [3.8, 4) is 0 Å². The van der Waals surface area contributed by atoms with Crippen LogP contribution in [0.2, 0.25) is 0 Å². The highest BCUT2D eigenvalue weighted by atomic mass is 19.4. The van der Waals surface area contributed by atoms with Crippen molar-refractivity contribution >= 4 is 6.29 Å². The van der Waals surface area contributed by atoms with Crippen LogP contribution in [-0.4, -0.2) is 12.5 Å². The summed E-state index contributed by atoms with van der Waals surface area (Å²) in [7, 11) is 0. The zero-order valence-corrected chi connectivity index (χ0v) is 7.89. The summed E-state index contributed by atoms with van der Waals surface area (Å²) in [5.74, 6) is -4.87. The van der Waals surface area contributed by atoms with Crippen LogP contribution in [0.25, 0.3) is 0 Å². The predicted octanol–water partition coefficient (Wildman–Crippen LogP) is 3.08. The first-order chi connectivity index (χ1) is 7.29. The molecule has 0 aliphatic carbocycles. The second-order valence-corrected chi connectivity index (χ2v) is 3.14. The molecule has 1 rings (SSSR count). The summed E-state index contributed by atoms with van der Waals surface area (Å²) in [5.41, 5.74) is -0.744. The van der Waals surface area contributed by atoms with Crippen molar-refractivity contribution in [3.63, 3.8) is 0 Å². The number of carbonyl (C=O) groups excluding carboxylic acids is 1. The molecule has 6 heteroatoms. The molecule has 0 bridgehead atoms. The molecule has 0 heterocycles. The molecule has 0 aliphatic rings. The lowest BCUT2D eigenvalue weighted by molar-refractivity contribution is -0.289. The SMILES string of the molecule is O=CCc1ccc(C(F)(F)C(F)(F)F)cc1. The van der Waals surface area contributed by atoms with Crippen LogP contribution < -0.4 is 0 Å². The summed E-state index contributed by atoms with van der Waals surface area (Å²) in [6.45, 7) is 0. The maximum atomic E-state index is 12.8. The molecular formula is C10H7F5O. The zero-order valence-electron chi connectivity index (χ0n) is 7.89. The lowest BCUT2D eigenvalue weighted by atomic mass is 10.0. The summed E-state index contributed by atoms with van der Waals surface area (Å²) in [6, 6.07) is 3.49. The van der Waals surface area contributed by atoms with Crippen LogP contribution in [0.15, 0.2) is 24.3 Å². The van der Waals surface area contributed by atoms with E-state index in [4.69, 9.17) is 0 Å². The number of halogens is 5. The lowest BCUT2D eigenvalue weighted by Crippen LogP contribution is -2.33. The molecule has 0 aromatic heterocycles. The van der Waals surface area contributed by atoms with Crippen LogP contribution in [0.5, 0.6) is 0 Å². The standard InChI is InChI=1S/C10H7F5O/c11-9(12,10(13,14)15)8-3-1-7(2-4-8)5-6-16/h1-4,6H,5H2. The predicted molar refractivity (Wildman–Crippen MR) is 46.2 cm³/mol. The molecule has 0 spiro atoms. The Morgan fingerprint density at radius 3 is 1.88 bits per heavy atom. The van der Waals surface area contributed by atoms with Gasteiger partial charge in [0, 0.05) is 12.0 Å². The fourth-order valence-corrected chi connectivity index (χ4v) is 1.11. The van der Waals surface area contributed by atoms with Gasteiger partial charge in [0.1, 0.15) is 6.29 Å². The minimum absolute atomic E-state index is 0.0160. The molecular weight excluding hydrogens is 231 g/mol. The molecule has 1 aromatic carbocycles. The van der Waals surface area contributed by atoms with Gasteiger partial charge in [-0.25, -0.2) is 0 Å². The molecule has 0 N–H and O–H groups in total. The Bertz CT molecular complexity index is 366. The van der Waals surface area contributed by atoms with Gasteiger partial charge in [-0.05, 0) is 5.56 Å². The Labute approximate surface area is 87.9 Å². The van der Waals surface area contributed by atoms with Crippen molar-refractivity contribution in [3.05, 3.63) is 35.4 Å². The highest BCUT2D eigenvalue weighted by Crippen LogP contribution is 2.43. The first-order valence-electron chi connectivity index (χ1n) is 4.26. The van der Waals surface area contributed by atoms with Crippen LogP contribution in [0.4, 0.5) is 22.0 Å². The molecule has 1 nitrogen and oxygen atoms in total. The van der Waals surface area contributed by atoms with Gasteiger partial charge in [0.2, 0.25) is 0 Å². The average Bonchev–Trinajstić information content (AvgIpc) is 2.17. The highest BCUT2D eigenvalue weighted by Gasteiger charge is 2.58. The Balaban J connectivity index is 3.01. The Morgan fingerprint density at radius 1 is 1.00 bits per heavy atom. The van der Waals surface area contributed by atoms with Crippen molar-refractivity contribution in [2.45, 2.75) is 18.5 Å². The van der Waals surface area contributed by atoms with Crippen molar-refractivity contribution < 1.29 is 26.7 Å². The van der Waals surface area contributed by atoms with E-state index in [0.717, 1.165) is 12.1 Å². The maximum absolute atomic E-state index is 12.8. The topological polar surface area (TPSA) is 17.1 Å². The fourth-order valence-electron chi connectivity index (χ4n) is 1.11. The molecule has 1 aromatic rings. The summed E-state index contributed by atoms with van der Waals surface area (Å²) < 4.78 is 61.5. The van der Waals surface area contributed by atoms with Crippen molar-refractivity contribution in [2.75, 3.05) is 0 Å². The maximum Gasteiger partial charge on any atom is 0.458 e. The minimum atomic E-state index is -5.61. The minimum Gasteiger partial charge on any atom is -0.303 e. The largest absolute Gasteiger partial charge is 0.458 e. The Kier molecular flexibility index (Phi) is 3.30. The van der Waals surface area contributed by atoms with Crippen molar-refractivity contribution in [1.82, 2.24) is 0 Å². The second-order valence-electron chi connectivity index (χ2n) is 3.14. The fraction of sp³-hybridized carbons (Fsp3) is 0.300. The van der Waals surface area contributed by atoms with Gasteiger partial charge in [0.15, 0.2) is 0 Å². The number of aldehydes is 1. The van der Waals surface area contributed by atoms with Crippen LogP contribution in [-0.2, 0) is 17.1 Å². The summed E-state index contributed by atoms with van der Waals surface area (Å²) in [6.07, 6.45) is -5.09. The van der Waals surface area contributed by atoms with Gasteiger partial charge >= 0.3 is 12.1 Å². The van der Waals surface area contributed by atoms with Gasteiger partial charge in [-0.1, -0.05) is 24.3 Å². The van der Waals surface area contributed by atoms with E-state index in [1.807, 2.05) is 0 Å². The van der Waals surface area contributed by atoms with Crippen LogP contribution >= 0.6 is 0 Å². The third-order valence-electron chi connectivity index (χ3n) is 1.99. The van der Waals surface area contributed by atoms with E-state index in [2.05, 4.69) is 0 Å². The quantitative estimate of drug-likeness (QED) is 0.584. The molecule has 0 radical (unpaired) electrons. The number of alkyl halides is 5. The number of hydrogen-bond donors (Lipinski definition) is 0. The first kappa shape index (κ1) is 12.6. The van der Waals surface area contributed by atoms with Gasteiger partial charge < -0.3 is 4.79 Å². The van der Waals surface area contributed by atoms with E-state index in [-0.39, 0.29) is 6.42 Å². The molecule has 0 amide bonds. The normalized spacial score (nSPS) is 12.6. The van der Waals surface area contributed by atoms with Gasteiger partial charge in [-0.15, -0.1) is 0 Å². The molecule has 0 atom stereocenters. The average molecular weight is 238 g/mol. The van der Waals surface area contributed by atoms with E-state index in [0.29, 0.717) is 24.0 Å². The molecule has 0 unspecified atom stereocenters. The molecule has 0 aliphatic heterocycles. The van der Waals surface area contributed by atoms with Crippen LogP contribution in [0.3, 0.4) is 0 Å². The zero-order chi connectivity index (χ0) is 12.4. The third kappa shape index (κ3) is 2.37. The molecule has 0 saturated carbocycles. The van der Waals surface area contributed by atoms with Gasteiger partial charge in [0.25, 0.3) is 0 Å². The van der Waals surface area contributed by atoms with Gasteiger partial charge in [0.05, 0.1) is 0 Å². The number of rotatable bonds is 3.